The maximum atomic E-state index is 9.93. The molecule has 4 heteroatoms. The summed E-state index contributed by atoms with van der Waals surface area (Å²) in [5.41, 5.74) is 0. The van der Waals surface area contributed by atoms with Crippen LogP contribution < -0.4 is 5.32 Å². The topological polar surface area (TPSA) is 50.7 Å². The number of hydrogen-bond donors (Lipinski definition) is 2. The standard InChI is InChI=1S/C12H25NO3/c1-15-9-10(16-2)8-13-11-6-4-3-5-7-12(11)14/h10-14H,3-9H2,1-2H3. The van der Waals surface area contributed by atoms with E-state index in [0.717, 1.165) is 25.8 Å². The van der Waals surface area contributed by atoms with Gasteiger partial charge >= 0.3 is 0 Å². The minimum Gasteiger partial charge on any atom is -0.392 e. The van der Waals surface area contributed by atoms with Gasteiger partial charge in [-0.15, -0.1) is 0 Å². The Morgan fingerprint density at radius 1 is 1.25 bits per heavy atom. The molecular weight excluding hydrogens is 206 g/mol. The Labute approximate surface area is 98.3 Å². The molecule has 0 heterocycles. The summed E-state index contributed by atoms with van der Waals surface area (Å²) in [6, 6.07) is 0.219. The van der Waals surface area contributed by atoms with Gasteiger partial charge in [-0.25, -0.2) is 0 Å². The van der Waals surface area contributed by atoms with E-state index in [1.165, 1.54) is 12.8 Å². The number of hydrogen-bond acceptors (Lipinski definition) is 4. The second-order valence-corrected chi connectivity index (χ2v) is 4.53. The Bertz CT molecular complexity index is 178. The van der Waals surface area contributed by atoms with Crippen LogP contribution in [0.4, 0.5) is 0 Å². The van der Waals surface area contributed by atoms with Gasteiger partial charge in [0.1, 0.15) is 0 Å². The second-order valence-electron chi connectivity index (χ2n) is 4.53. The third-order valence-electron chi connectivity index (χ3n) is 3.27. The highest BCUT2D eigenvalue weighted by atomic mass is 16.5. The van der Waals surface area contributed by atoms with Gasteiger partial charge in [0.25, 0.3) is 0 Å². The van der Waals surface area contributed by atoms with Crippen LogP contribution in [0.15, 0.2) is 0 Å². The quantitative estimate of drug-likeness (QED) is 0.668. The molecule has 96 valence electrons. The third kappa shape index (κ3) is 4.78. The fraction of sp³-hybridized carbons (Fsp3) is 1.00. The minimum absolute atomic E-state index is 0.0699. The van der Waals surface area contributed by atoms with Gasteiger partial charge in [0.15, 0.2) is 0 Å². The summed E-state index contributed by atoms with van der Waals surface area (Å²) in [6.45, 7) is 1.33. The van der Waals surface area contributed by atoms with Crippen LogP contribution in [-0.4, -0.2) is 50.7 Å². The summed E-state index contributed by atoms with van der Waals surface area (Å²) in [5, 5.41) is 13.3. The SMILES string of the molecule is COCC(CNC1CCCCCC1O)OC. The largest absolute Gasteiger partial charge is 0.392 e. The van der Waals surface area contributed by atoms with E-state index in [4.69, 9.17) is 9.47 Å². The van der Waals surface area contributed by atoms with Crippen LogP contribution in [-0.2, 0) is 9.47 Å². The fourth-order valence-corrected chi connectivity index (χ4v) is 2.21. The molecule has 3 unspecified atom stereocenters. The van der Waals surface area contributed by atoms with Gasteiger partial charge in [-0.1, -0.05) is 19.3 Å². The van der Waals surface area contributed by atoms with E-state index in [9.17, 15) is 5.11 Å². The second kappa shape index (κ2) is 8.01. The van der Waals surface area contributed by atoms with Crippen molar-refractivity contribution in [2.75, 3.05) is 27.4 Å². The molecule has 0 aromatic heterocycles. The third-order valence-corrected chi connectivity index (χ3v) is 3.27. The predicted octanol–water partition coefficient (Wildman–Crippen LogP) is 0.931. The Hall–Kier alpha value is -0.160. The Morgan fingerprint density at radius 3 is 2.69 bits per heavy atom. The molecule has 0 bridgehead atoms. The molecule has 0 aliphatic heterocycles. The lowest BCUT2D eigenvalue weighted by Crippen LogP contribution is -2.44. The van der Waals surface area contributed by atoms with Crippen molar-refractivity contribution in [3.63, 3.8) is 0 Å². The van der Waals surface area contributed by atoms with Crippen LogP contribution in [0.5, 0.6) is 0 Å². The first-order valence-electron chi connectivity index (χ1n) is 6.21. The predicted molar refractivity (Wildman–Crippen MR) is 63.6 cm³/mol. The molecular formula is C12H25NO3. The Kier molecular flexibility index (Phi) is 6.96. The van der Waals surface area contributed by atoms with Crippen LogP contribution in [0.3, 0.4) is 0 Å². The first kappa shape index (κ1) is 13.9. The molecule has 1 rings (SSSR count). The van der Waals surface area contributed by atoms with Crippen molar-refractivity contribution < 1.29 is 14.6 Å². The molecule has 1 saturated carbocycles. The molecule has 1 fully saturated rings. The van der Waals surface area contributed by atoms with E-state index in [1.807, 2.05) is 0 Å². The number of aliphatic hydroxyl groups excluding tert-OH is 1. The monoisotopic (exact) mass is 231 g/mol. The summed E-state index contributed by atoms with van der Waals surface area (Å²) in [7, 11) is 3.36. The van der Waals surface area contributed by atoms with Gasteiger partial charge in [0, 0.05) is 26.8 Å². The lowest BCUT2D eigenvalue weighted by Gasteiger charge is -2.24. The summed E-state index contributed by atoms with van der Waals surface area (Å²) >= 11 is 0. The van der Waals surface area contributed by atoms with Crippen LogP contribution in [0.2, 0.25) is 0 Å². The highest BCUT2D eigenvalue weighted by Gasteiger charge is 2.21. The molecule has 1 aliphatic rings. The highest BCUT2D eigenvalue weighted by Crippen LogP contribution is 2.17. The molecule has 16 heavy (non-hydrogen) atoms. The van der Waals surface area contributed by atoms with E-state index < -0.39 is 0 Å². The van der Waals surface area contributed by atoms with Crippen molar-refractivity contribution in [2.45, 2.75) is 50.4 Å². The zero-order chi connectivity index (χ0) is 11.8. The van der Waals surface area contributed by atoms with Crippen molar-refractivity contribution in [3.05, 3.63) is 0 Å². The van der Waals surface area contributed by atoms with E-state index in [2.05, 4.69) is 5.32 Å². The van der Waals surface area contributed by atoms with Crippen LogP contribution in [0.1, 0.15) is 32.1 Å². The minimum atomic E-state index is -0.206. The zero-order valence-electron chi connectivity index (χ0n) is 10.4. The molecule has 0 aromatic rings. The first-order chi connectivity index (χ1) is 7.77. The zero-order valence-corrected chi connectivity index (χ0v) is 10.4. The Balaban J connectivity index is 2.27. The van der Waals surface area contributed by atoms with Gasteiger partial charge in [0.05, 0.1) is 18.8 Å². The van der Waals surface area contributed by atoms with E-state index in [0.29, 0.717) is 6.61 Å². The fourth-order valence-electron chi connectivity index (χ4n) is 2.21. The van der Waals surface area contributed by atoms with Crippen LogP contribution in [0, 0.1) is 0 Å². The Morgan fingerprint density at radius 2 is 2.00 bits per heavy atom. The molecule has 0 radical (unpaired) electrons. The maximum absolute atomic E-state index is 9.93. The molecule has 0 saturated heterocycles. The molecule has 0 aromatic carbocycles. The number of rotatable bonds is 6. The lowest BCUT2D eigenvalue weighted by atomic mass is 10.1. The lowest BCUT2D eigenvalue weighted by molar-refractivity contribution is 0.0222. The maximum Gasteiger partial charge on any atom is 0.0928 e. The average molecular weight is 231 g/mol. The van der Waals surface area contributed by atoms with E-state index >= 15 is 0 Å². The van der Waals surface area contributed by atoms with Crippen LogP contribution in [0.25, 0.3) is 0 Å². The first-order valence-corrected chi connectivity index (χ1v) is 6.21. The van der Waals surface area contributed by atoms with Gasteiger partial charge in [-0.05, 0) is 12.8 Å². The van der Waals surface area contributed by atoms with Crippen molar-refractivity contribution in [1.29, 1.82) is 0 Å². The van der Waals surface area contributed by atoms with Gasteiger partial charge in [0.2, 0.25) is 0 Å². The molecule has 1 aliphatic carbocycles. The normalized spacial score (nSPS) is 28.7. The van der Waals surface area contributed by atoms with Crippen LogP contribution >= 0.6 is 0 Å². The van der Waals surface area contributed by atoms with Gasteiger partial charge < -0.3 is 19.9 Å². The summed E-state index contributed by atoms with van der Waals surface area (Å²) in [6.07, 6.45) is 5.43. The van der Waals surface area contributed by atoms with Crippen molar-refractivity contribution in [2.24, 2.45) is 0 Å². The summed E-state index contributed by atoms with van der Waals surface area (Å²) < 4.78 is 10.3. The molecule has 4 nitrogen and oxygen atoms in total. The highest BCUT2D eigenvalue weighted by molar-refractivity contribution is 4.80. The number of aliphatic hydroxyl groups is 1. The van der Waals surface area contributed by atoms with Gasteiger partial charge in [-0.2, -0.15) is 0 Å². The summed E-state index contributed by atoms with van der Waals surface area (Å²) in [4.78, 5) is 0. The van der Waals surface area contributed by atoms with Crippen molar-refractivity contribution >= 4 is 0 Å². The van der Waals surface area contributed by atoms with E-state index in [-0.39, 0.29) is 18.2 Å². The number of ether oxygens (including phenoxy) is 2. The number of nitrogens with one attached hydrogen (secondary N) is 1. The van der Waals surface area contributed by atoms with Crippen molar-refractivity contribution in [3.8, 4) is 0 Å². The smallest absolute Gasteiger partial charge is 0.0928 e. The molecule has 0 spiro atoms. The van der Waals surface area contributed by atoms with E-state index in [1.54, 1.807) is 14.2 Å². The average Bonchev–Trinajstić information content (AvgIpc) is 2.49. The summed E-state index contributed by atoms with van der Waals surface area (Å²) in [5.74, 6) is 0. The van der Waals surface area contributed by atoms with Crippen molar-refractivity contribution in [1.82, 2.24) is 5.32 Å². The number of methoxy groups -OCH3 is 2. The molecule has 3 atom stereocenters. The molecule has 2 N–H and O–H groups in total. The molecule has 0 amide bonds. The van der Waals surface area contributed by atoms with Gasteiger partial charge in [-0.3, -0.25) is 0 Å².